The highest BCUT2D eigenvalue weighted by Gasteiger charge is 2.07. The third kappa shape index (κ3) is 0.883. The molecule has 0 fully saturated rings. The van der Waals surface area contributed by atoms with E-state index in [1.165, 1.54) is 0 Å². The van der Waals surface area contributed by atoms with Gasteiger partial charge in [0.25, 0.3) is 5.56 Å². The number of hydrogen-bond donors (Lipinski definition) is 4. The van der Waals surface area contributed by atoms with E-state index in [1.54, 1.807) is 0 Å². The summed E-state index contributed by atoms with van der Waals surface area (Å²) >= 11 is 0. The van der Waals surface area contributed by atoms with Gasteiger partial charge in [-0.2, -0.15) is 4.68 Å². The van der Waals surface area contributed by atoms with Crippen molar-refractivity contribution in [3.63, 3.8) is 0 Å². The third-order valence-corrected chi connectivity index (χ3v) is 1.61. The number of H-pyrrole nitrogens is 3. The average Bonchev–Trinajstić information content (AvgIpc) is 2.44. The third-order valence-electron chi connectivity index (χ3n) is 1.61. The first-order chi connectivity index (χ1) is 6.09. The highest BCUT2D eigenvalue weighted by Crippen LogP contribution is 1.91. The van der Waals surface area contributed by atoms with Gasteiger partial charge in [-0.25, -0.2) is 9.59 Å². The molecule has 2 heterocycles. The van der Waals surface area contributed by atoms with Crippen molar-refractivity contribution < 1.29 is 0 Å². The molecule has 0 saturated carbocycles. The molecule has 0 aromatic carbocycles. The van der Waals surface area contributed by atoms with Gasteiger partial charge in [-0.05, 0) is 0 Å². The van der Waals surface area contributed by atoms with Crippen LogP contribution in [0.2, 0.25) is 0 Å². The minimum atomic E-state index is -0.784. The van der Waals surface area contributed by atoms with Gasteiger partial charge in [-0.3, -0.25) is 19.7 Å². The van der Waals surface area contributed by atoms with Gasteiger partial charge in [0.05, 0.1) is 0 Å². The molecule has 8 heteroatoms. The molecule has 0 aliphatic rings. The first kappa shape index (κ1) is 7.40. The van der Waals surface area contributed by atoms with Crippen molar-refractivity contribution in [1.29, 1.82) is 0 Å². The van der Waals surface area contributed by atoms with Crippen LogP contribution in [0.15, 0.2) is 14.4 Å². The summed E-state index contributed by atoms with van der Waals surface area (Å²) in [5.74, 6) is 5.24. The number of aromatic amines is 3. The molecule has 0 atom stereocenters. The SMILES string of the molecule is Nn1c(=O)[nH]c(=O)c2[nH]c(=O)[nH]c21. The monoisotopic (exact) mass is 183 g/mol. The van der Waals surface area contributed by atoms with Crippen LogP contribution in [0.5, 0.6) is 0 Å². The number of rotatable bonds is 0. The highest BCUT2D eigenvalue weighted by molar-refractivity contribution is 5.68. The molecule has 8 nitrogen and oxygen atoms in total. The van der Waals surface area contributed by atoms with Crippen LogP contribution in [0.1, 0.15) is 0 Å². The van der Waals surface area contributed by atoms with Gasteiger partial charge in [-0.1, -0.05) is 0 Å². The van der Waals surface area contributed by atoms with E-state index in [4.69, 9.17) is 5.84 Å². The van der Waals surface area contributed by atoms with E-state index in [1.807, 2.05) is 4.98 Å². The van der Waals surface area contributed by atoms with Crippen LogP contribution in [0.4, 0.5) is 0 Å². The van der Waals surface area contributed by atoms with E-state index in [9.17, 15) is 14.4 Å². The lowest BCUT2D eigenvalue weighted by atomic mass is 10.5. The van der Waals surface area contributed by atoms with E-state index in [0.29, 0.717) is 4.68 Å². The van der Waals surface area contributed by atoms with Crippen molar-refractivity contribution in [1.82, 2.24) is 19.6 Å². The number of hydrogen-bond acceptors (Lipinski definition) is 4. The first-order valence-electron chi connectivity index (χ1n) is 3.32. The van der Waals surface area contributed by atoms with Crippen molar-refractivity contribution >= 4 is 11.2 Å². The molecule has 2 aromatic rings. The topological polar surface area (TPSA) is 130 Å². The van der Waals surface area contributed by atoms with Crippen LogP contribution in [-0.4, -0.2) is 19.6 Å². The van der Waals surface area contributed by atoms with Crippen molar-refractivity contribution in [2.45, 2.75) is 0 Å². The van der Waals surface area contributed by atoms with Crippen LogP contribution in [0.25, 0.3) is 11.2 Å². The molecule has 0 unspecified atom stereocenters. The van der Waals surface area contributed by atoms with Gasteiger partial charge in [-0.15, -0.1) is 0 Å². The maximum Gasteiger partial charge on any atom is 0.348 e. The predicted octanol–water partition coefficient (Wildman–Crippen LogP) is -2.58. The van der Waals surface area contributed by atoms with Gasteiger partial charge >= 0.3 is 11.4 Å². The molecule has 0 aliphatic carbocycles. The van der Waals surface area contributed by atoms with Crippen LogP contribution >= 0.6 is 0 Å². The number of aromatic nitrogens is 4. The van der Waals surface area contributed by atoms with E-state index in [2.05, 4.69) is 9.97 Å². The number of imidazole rings is 1. The molecule has 68 valence electrons. The maximum atomic E-state index is 11.1. The molecule has 2 rings (SSSR count). The van der Waals surface area contributed by atoms with Crippen molar-refractivity contribution in [3.05, 3.63) is 31.3 Å². The molecule has 0 radical (unpaired) electrons. The minimum Gasteiger partial charge on any atom is -0.333 e. The summed E-state index contributed by atoms with van der Waals surface area (Å²) in [6, 6.07) is 0. The van der Waals surface area contributed by atoms with Crippen LogP contribution in [-0.2, 0) is 0 Å². The van der Waals surface area contributed by atoms with Crippen LogP contribution in [0.3, 0.4) is 0 Å². The normalized spacial score (nSPS) is 10.8. The second kappa shape index (κ2) is 2.12. The smallest absolute Gasteiger partial charge is 0.333 e. The standard InChI is InChI=1S/C5H5N5O3/c6-10-2-1(7-4(12)8-2)3(11)9-5(10)13/h6H2,(H2,7,8,12)(H,9,11,13). The Labute approximate surface area is 69.0 Å². The average molecular weight is 183 g/mol. The Morgan fingerprint density at radius 2 is 1.77 bits per heavy atom. The van der Waals surface area contributed by atoms with E-state index in [0.717, 1.165) is 0 Å². The summed E-state index contributed by atoms with van der Waals surface area (Å²) in [5, 5.41) is 0. The zero-order valence-corrected chi connectivity index (χ0v) is 6.25. The van der Waals surface area contributed by atoms with Crippen LogP contribution in [0, 0.1) is 0 Å². The summed E-state index contributed by atoms with van der Waals surface area (Å²) in [4.78, 5) is 39.1. The fourth-order valence-corrected chi connectivity index (χ4v) is 1.04. The molecule has 0 bridgehead atoms. The van der Waals surface area contributed by atoms with E-state index in [-0.39, 0.29) is 11.2 Å². The fraction of sp³-hybridized carbons (Fsp3) is 0. The minimum absolute atomic E-state index is 0.0289. The lowest BCUT2D eigenvalue weighted by molar-refractivity contribution is 0.890. The number of nitrogens with one attached hydrogen (secondary N) is 3. The lowest BCUT2D eigenvalue weighted by Gasteiger charge is -1.95. The number of nitrogens with zero attached hydrogens (tertiary/aromatic N) is 1. The Morgan fingerprint density at radius 3 is 2.46 bits per heavy atom. The summed E-state index contributed by atoms with van der Waals surface area (Å²) in [7, 11) is 0. The summed E-state index contributed by atoms with van der Waals surface area (Å²) in [5.41, 5.74) is -2.14. The Kier molecular flexibility index (Phi) is 1.21. The van der Waals surface area contributed by atoms with Gasteiger partial charge in [0.2, 0.25) is 0 Å². The highest BCUT2D eigenvalue weighted by atomic mass is 16.2. The van der Waals surface area contributed by atoms with Gasteiger partial charge < -0.3 is 5.84 Å². The molecule has 0 aliphatic heterocycles. The van der Waals surface area contributed by atoms with Crippen molar-refractivity contribution in [2.24, 2.45) is 0 Å². The largest absolute Gasteiger partial charge is 0.348 e. The number of nitrogens with two attached hydrogens (primary N) is 1. The van der Waals surface area contributed by atoms with Crippen molar-refractivity contribution in [3.8, 4) is 0 Å². The summed E-state index contributed by atoms with van der Waals surface area (Å²) in [6.07, 6.45) is 0. The number of fused-ring (bicyclic) bond motifs is 1. The van der Waals surface area contributed by atoms with Gasteiger partial charge in [0, 0.05) is 0 Å². The molecule has 0 spiro atoms. The maximum absolute atomic E-state index is 11.1. The van der Waals surface area contributed by atoms with Gasteiger partial charge in [0.1, 0.15) is 0 Å². The molecule has 2 aromatic heterocycles. The quantitative estimate of drug-likeness (QED) is 0.334. The molecule has 5 N–H and O–H groups in total. The zero-order chi connectivity index (χ0) is 9.59. The lowest BCUT2D eigenvalue weighted by Crippen LogP contribution is -2.34. The second-order valence-electron chi connectivity index (χ2n) is 2.43. The predicted molar refractivity (Wildman–Crippen MR) is 44.0 cm³/mol. The number of nitrogen functional groups attached to an aromatic ring is 1. The summed E-state index contributed by atoms with van der Waals surface area (Å²) < 4.78 is 0.647. The first-order valence-corrected chi connectivity index (χ1v) is 3.32. The Hall–Kier alpha value is -2.25. The van der Waals surface area contributed by atoms with E-state index < -0.39 is 16.9 Å². The second-order valence-corrected chi connectivity index (χ2v) is 2.43. The van der Waals surface area contributed by atoms with Crippen LogP contribution < -0.4 is 22.8 Å². The molecule has 0 amide bonds. The summed E-state index contributed by atoms with van der Waals surface area (Å²) in [6.45, 7) is 0. The fourth-order valence-electron chi connectivity index (χ4n) is 1.04. The van der Waals surface area contributed by atoms with Gasteiger partial charge in [0.15, 0.2) is 11.2 Å². The van der Waals surface area contributed by atoms with E-state index >= 15 is 0 Å². The molecule has 0 saturated heterocycles. The molecule has 13 heavy (non-hydrogen) atoms. The Morgan fingerprint density at radius 1 is 1.08 bits per heavy atom. The van der Waals surface area contributed by atoms with Crippen molar-refractivity contribution in [2.75, 3.05) is 5.84 Å². The Balaban J connectivity index is 3.23. The zero-order valence-electron chi connectivity index (χ0n) is 6.25. The molecular weight excluding hydrogens is 178 g/mol. The Bertz CT molecular complexity index is 626. The molecular formula is C5H5N5O3.